The molecule has 2 aromatic heterocycles. The summed E-state index contributed by atoms with van der Waals surface area (Å²) in [7, 11) is 5.85. The Bertz CT molecular complexity index is 995. The Labute approximate surface area is 168 Å². The molecule has 4 rings (SSSR count). The van der Waals surface area contributed by atoms with E-state index in [1.165, 1.54) is 12.8 Å². The van der Waals surface area contributed by atoms with Gasteiger partial charge in [0.2, 0.25) is 0 Å². The zero-order valence-corrected chi connectivity index (χ0v) is 17.2. The number of amides is 1. The first kappa shape index (κ1) is 18.9. The Morgan fingerprint density at radius 1 is 1.18 bits per heavy atom. The van der Waals surface area contributed by atoms with E-state index in [4.69, 9.17) is 4.74 Å². The average molecular weight is 400 g/mol. The van der Waals surface area contributed by atoms with Crippen LogP contribution >= 0.6 is 11.3 Å². The molecule has 2 heterocycles. The number of hydrogen-bond acceptors (Lipinski definition) is 7. The number of rotatable bonds is 4. The summed E-state index contributed by atoms with van der Waals surface area (Å²) in [4.78, 5) is 24.0. The fourth-order valence-corrected chi connectivity index (χ4v) is 4.95. The van der Waals surface area contributed by atoms with E-state index in [0.29, 0.717) is 17.8 Å². The number of anilines is 1. The van der Waals surface area contributed by atoms with Gasteiger partial charge in [-0.15, -0.1) is 11.3 Å². The van der Waals surface area contributed by atoms with Crippen LogP contribution in [0.15, 0.2) is 24.5 Å². The van der Waals surface area contributed by atoms with Gasteiger partial charge in [-0.1, -0.05) is 6.07 Å². The fraction of sp³-hybridized carbons (Fsp3) is 0.450. The molecule has 0 bridgehead atoms. The SMILES string of the molecule is CNC(=O)Oc1cccc2sc3ncnc(N[C@H]4CC[C@H](N(C)C)CC4)c3c12. The summed E-state index contributed by atoms with van der Waals surface area (Å²) < 4.78 is 6.52. The molecule has 0 aliphatic heterocycles. The highest BCUT2D eigenvalue weighted by Gasteiger charge is 2.24. The normalized spacial score (nSPS) is 19.9. The van der Waals surface area contributed by atoms with E-state index in [9.17, 15) is 4.79 Å². The average Bonchev–Trinajstić information content (AvgIpc) is 3.09. The number of carbonyl (C=O) groups excluding carboxylic acids is 1. The Kier molecular flexibility index (Phi) is 5.32. The molecule has 1 aliphatic rings. The van der Waals surface area contributed by atoms with Gasteiger partial charge in [0.1, 0.15) is 22.7 Å². The van der Waals surface area contributed by atoms with Gasteiger partial charge in [-0.05, 0) is 51.9 Å². The Balaban J connectivity index is 1.69. The van der Waals surface area contributed by atoms with Crippen LogP contribution in [0.25, 0.3) is 20.3 Å². The third-order valence-corrected chi connectivity index (χ3v) is 6.49. The van der Waals surface area contributed by atoms with Gasteiger partial charge in [0, 0.05) is 29.2 Å². The van der Waals surface area contributed by atoms with Crippen LogP contribution in [0, 0.1) is 0 Å². The third-order valence-electron chi connectivity index (χ3n) is 5.43. The Morgan fingerprint density at radius 2 is 1.96 bits per heavy atom. The molecule has 1 aliphatic carbocycles. The molecule has 28 heavy (non-hydrogen) atoms. The molecule has 7 nitrogen and oxygen atoms in total. The minimum Gasteiger partial charge on any atom is -0.410 e. The molecule has 1 saturated carbocycles. The lowest BCUT2D eigenvalue weighted by Gasteiger charge is -2.33. The topological polar surface area (TPSA) is 79.4 Å². The molecule has 0 atom stereocenters. The van der Waals surface area contributed by atoms with E-state index in [1.54, 1.807) is 24.7 Å². The number of benzene rings is 1. The highest BCUT2D eigenvalue weighted by molar-refractivity contribution is 7.25. The number of aromatic nitrogens is 2. The molecular formula is C20H25N5O2S. The van der Waals surface area contributed by atoms with Crippen molar-refractivity contribution in [2.24, 2.45) is 0 Å². The smallest absolute Gasteiger partial charge is 0.410 e. The molecule has 0 radical (unpaired) electrons. The van der Waals surface area contributed by atoms with E-state index in [-0.39, 0.29) is 0 Å². The van der Waals surface area contributed by atoms with E-state index in [1.807, 2.05) is 18.2 Å². The third kappa shape index (κ3) is 3.62. The van der Waals surface area contributed by atoms with E-state index in [2.05, 4.69) is 39.6 Å². The predicted octanol–water partition coefficient (Wildman–Crippen LogP) is 3.85. The maximum absolute atomic E-state index is 11.8. The van der Waals surface area contributed by atoms with Crippen molar-refractivity contribution in [2.75, 3.05) is 26.5 Å². The minimum atomic E-state index is -0.486. The van der Waals surface area contributed by atoms with Crippen molar-refractivity contribution in [1.82, 2.24) is 20.2 Å². The molecular weight excluding hydrogens is 374 g/mol. The van der Waals surface area contributed by atoms with Gasteiger partial charge in [-0.2, -0.15) is 0 Å². The summed E-state index contributed by atoms with van der Waals surface area (Å²) in [6.45, 7) is 0. The van der Waals surface area contributed by atoms with Crippen LogP contribution in [0.3, 0.4) is 0 Å². The lowest BCUT2D eigenvalue weighted by atomic mass is 9.90. The largest absolute Gasteiger partial charge is 0.412 e. The second-order valence-corrected chi connectivity index (χ2v) is 8.42. The molecule has 0 saturated heterocycles. The minimum absolute atomic E-state index is 0.385. The van der Waals surface area contributed by atoms with Crippen molar-refractivity contribution in [3.05, 3.63) is 24.5 Å². The van der Waals surface area contributed by atoms with Gasteiger partial charge >= 0.3 is 6.09 Å². The van der Waals surface area contributed by atoms with Gasteiger partial charge in [0.05, 0.1) is 5.39 Å². The Hall–Kier alpha value is -2.45. The maximum Gasteiger partial charge on any atom is 0.412 e. The quantitative estimate of drug-likeness (QED) is 0.694. The van der Waals surface area contributed by atoms with Crippen molar-refractivity contribution in [3.8, 4) is 5.75 Å². The summed E-state index contributed by atoms with van der Waals surface area (Å²) in [6.07, 6.45) is 5.68. The van der Waals surface area contributed by atoms with Gasteiger partial charge in [-0.25, -0.2) is 14.8 Å². The number of hydrogen-bond donors (Lipinski definition) is 2. The predicted molar refractivity (Wildman–Crippen MR) is 113 cm³/mol. The van der Waals surface area contributed by atoms with Crippen molar-refractivity contribution >= 4 is 43.6 Å². The summed E-state index contributed by atoms with van der Waals surface area (Å²) in [5.74, 6) is 1.34. The van der Waals surface area contributed by atoms with Gasteiger partial charge in [-0.3, -0.25) is 0 Å². The van der Waals surface area contributed by atoms with Gasteiger partial charge in [0.15, 0.2) is 0 Å². The maximum atomic E-state index is 11.8. The second kappa shape index (κ2) is 7.89. The molecule has 2 N–H and O–H groups in total. The number of fused-ring (bicyclic) bond motifs is 3. The number of ether oxygens (including phenoxy) is 1. The standard InChI is InChI=1S/C20H25N5O2S/c1-21-20(26)27-14-5-4-6-15-16(14)17-18(22-11-23-19(17)28-15)24-12-7-9-13(10-8-12)25(2)3/h4-6,11-13H,7-10H2,1-3H3,(H,21,26)(H,22,23,24)/t12-,13-. The monoisotopic (exact) mass is 399 g/mol. The van der Waals surface area contributed by atoms with Crippen LogP contribution in [-0.4, -0.2) is 54.2 Å². The van der Waals surface area contributed by atoms with Crippen molar-refractivity contribution in [2.45, 2.75) is 37.8 Å². The van der Waals surface area contributed by atoms with E-state index >= 15 is 0 Å². The second-order valence-electron chi connectivity index (χ2n) is 7.39. The van der Waals surface area contributed by atoms with Crippen molar-refractivity contribution < 1.29 is 9.53 Å². The zero-order valence-electron chi connectivity index (χ0n) is 16.4. The fourth-order valence-electron chi connectivity index (χ4n) is 3.89. The molecule has 1 fully saturated rings. The first-order chi connectivity index (χ1) is 13.6. The van der Waals surface area contributed by atoms with Crippen LogP contribution in [-0.2, 0) is 0 Å². The highest BCUT2D eigenvalue weighted by Crippen LogP contribution is 2.41. The van der Waals surface area contributed by atoms with Crippen LogP contribution < -0.4 is 15.4 Å². The van der Waals surface area contributed by atoms with Crippen molar-refractivity contribution in [3.63, 3.8) is 0 Å². The van der Waals surface area contributed by atoms with Crippen molar-refractivity contribution in [1.29, 1.82) is 0 Å². The molecule has 0 unspecified atom stereocenters. The molecule has 148 valence electrons. The number of thiophene rings is 1. The first-order valence-corrected chi connectivity index (χ1v) is 10.4. The van der Waals surface area contributed by atoms with Crippen LogP contribution in [0.2, 0.25) is 0 Å². The molecule has 0 spiro atoms. The first-order valence-electron chi connectivity index (χ1n) is 9.55. The number of nitrogens with one attached hydrogen (secondary N) is 2. The summed E-state index contributed by atoms with van der Waals surface area (Å²) in [5, 5.41) is 7.95. The van der Waals surface area contributed by atoms with Gasteiger partial charge < -0.3 is 20.3 Å². The molecule has 3 aromatic rings. The highest BCUT2D eigenvalue weighted by atomic mass is 32.1. The molecule has 1 aromatic carbocycles. The zero-order chi connectivity index (χ0) is 19.7. The molecule has 8 heteroatoms. The Morgan fingerprint density at radius 3 is 2.68 bits per heavy atom. The van der Waals surface area contributed by atoms with Crippen LogP contribution in [0.1, 0.15) is 25.7 Å². The number of nitrogens with zero attached hydrogens (tertiary/aromatic N) is 3. The molecule has 1 amide bonds. The van der Waals surface area contributed by atoms with E-state index in [0.717, 1.165) is 39.0 Å². The lowest BCUT2D eigenvalue weighted by Crippen LogP contribution is -2.36. The lowest BCUT2D eigenvalue weighted by molar-refractivity contribution is 0.203. The van der Waals surface area contributed by atoms with Crippen LogP contribution in [0.4, 0.5) is 10.6 Å². The summed E-state index contributed by atoms with van der Waals surface area (Å²) in [6, 6.07) is 6.75. The van der Waals surface area contributed by atoms with Crippen LogP contribution in [0.5, 0.6) is 5.75 Å². The summed E-state index contributed by atoms with van der Waals surface area (Å²) >= 11 is 1.58. The summed E-state index contributed by atoms with van der Waals surface area (Å²) in [5.41, 5.74) is 0. The number of carbonyl (C=O) groups is 1. The van der Waals surface area contributed by atoms with E-state index < -0.39 is 6.09 Å². The van der Waals surface area contributed by atoms with Gasteiger partial charge in [0.25, 0.3) is 0 Å².